The predicted octanol–water partition coefficient (Wildman–Crippen LogP) is 4.30. The minimum atomic E-state index is -0.247. The lowest BCUT2D eigenvalue weighted by atomic mass is 10.1. The number of carbonyl (C=O) groups excluding carboxylic acids is 1. The average Bonchev–Trinajstić information content (AvgIpc) is 3.56. The van der Waals surface area contributed by atoms with E-state index in [0.717, 1.165) is 59.9 Å². The van der Waals surface area contributed by atoms with Gasteiger partial charge in [-0.15, -0.1) is 0 Å². The van der Waals surface area contributed by atoms with Gasteiger partial charge in [0.2, 0.25) is 0 Å². The third kappa shape index (κ3) is 4.22. The molecule has 0 radical (unpaired) electrons. The Bertz CT molecular complexity index is 1650. The molecule has 10 heteroatoms. The Labute approximate surface area is 219 Å². The minimum absolute atomic E-state index is 0.229. The fraction of sp³-hybridized carbons (Fsp3) is 0.286. The van der Waals surface area contributed by atoms with Gasteiger partial charge in [-0.1, -0.05) is 19.1 Å². The highest BCUT2D eigenvalue weighted by molar-refractivity contribution is 6.07. The van der Waals surface area contributed by atoms with Crippen molar-refractivity contribution in [3.05, 3.63) is 60.0 Å². The normalized spacial score (nSPS) is 14.3. The molecule has 5 aromatic rings. The zero-order chi connectivity index (χ0) is 26.2. The molecular formula is C28H30N8O2. The summed E-state index contributed by atoms with van der Waals surface area (Å²) in [6.07, 6.45) is 4.34. The molecule has 10 nitrogen and oxygen atoms in total. The summed E-state index contributed by atoms with van der Waals surface area (Å²) in [5.41, 5.74) is 11.7. The number of amides is 1. The lowest BCUT2D eigenvalue weighted by Crippen LogP contribution is -2.30. The fourth-order valence-corrected chi connectivity index (χ4v) is 5.16. The summed E-state index contributed by atoms with van der Waals surface area (Å²) >= 11 is 0. The molecule has 0 spiro atoms. The van der Waals surface area contributed by atoms with Crippen molar-refractivity contribution >= 4 is 39.3 Å². The van der Waals surface area contributed by atoms with Gasteiger partial charge in [-0.2, -0.15) is 5.10 Å². The van der Waals surface area contributed by atoms with Gasteiger partial charge in [0.15, 0.2) is 5.65 Å². The summed E-state index contributed by atoms with van der Waals surface area (Å²) in [6.45, 7) is 3.97. The quantitative estimate of drug-likeness (QED) is 0.267. The van der Waals surface area contributed by atoms with E-state index in [-0.39, 0.29) is 11.9 Å². The van der Waals surface area contributed by atoms with Crippen LogP contribution in [0.4, 0.5) is 11.5 Å². The number of hydrogen-bond donors (Lipinski definition) is 4. The smallest absolute Gasteiger partial charge is 0.272 e. The molecule has 0 unspecified atom stereocenters. The number of methoxy groups -OCH3 is 1. The SMILES string of the molecule is CCc1ccc2[nH]c(C(=O)Nc3ccc(-c4nn(C5CCNCC5)c5ncnc(N)c45)cc3OC)cc2c1. The largest absolute Gasteiger partial charge is 0.495 e. The van der Waals surface area contributed by atoms with Crippen LogP contribution in [-0.2, 0) is 6.42 Å². The van der Waals surface area contributed by atoms with Gasteiger partial charge >= 0.3 is 0 Å². The predicted molar refractivity (Wildman–Crippen MR) is 148 cm³/mol. The number of ether oxygens (including phenoxy) is 1. The number of aryl methyl sites for hydroxylation is 1. The van der Waals surface area contributed by atoms with Gasteiger partial charge in [0.25, 0.3) is 5.91 Å². The van der Waals surface area contributed by atoms with E-state index >= 15 is 0 Å². The number of nitrogen functional groups attached to an aromatic ring is 1. The molecule has 38 heavy (non-hydrogen) atoms. The molecular weight excluding hydrogens is 480 g/mol. The summed E-state index contributed by atoms with van der Waals surface area (Å²) < 4.78 is 7.65. The van der Waals surface area contributed by atoms with Crippen molar-refractivity contribution in [1.29, 1.82) is 0 Å². The minimum Gasteiger partial charge on any atom is -0.495 e. The van der Waals surface area contributed by atoms with E-state index in [1.54, 1.807) is 7.11 Å². The van der Waals surface area contributed by atoms with Crippen molar-refractivity contribution in [3.8, 4) is 17.0 Å². The van der Waals surface area contributed by atoms with Gasteiger partial charge in [0, 0.05) is 16.5 Å². The van der Waals surface area contributed by atoms with E-state index < -0.39 is 0 Å². The van der Waals surface area contributed by atoms with Gasteiger partial charge in [-0.25, -0.2) is 14.6 Å². The van der Waals surface area contributed by atoms with Crippen molar-refractivity contribution in [2.75, 3.05) is 31.2 Å². The van der Waals surface area contributed by atoms with E-state index in [1.807, 2.05) is 35.0 Å². The van der Waals surface area contributed by atoms with Crippen LogP contribution in [0.25, 0.3) is 33.2 Å². The van der Waals surface area contributed by atoms with Crippen molar-refractivity contribution in [2.24, 2.45) is 0 Å². The number of piperidine rings is 1. The summed E-state index contributed by atoms with van der Waals surface area (Å²) in [7, 11) is 1.58. The number of carbonyl (C=O) groups is 1. The molecule has 194 valence electrons. The van der Waals surface area contributed by atoms with E-state index in [9.17, 15) is 4.79 Å². The zero-order valence-electron chi connectivity index (χ0n) is 21.4. The van der Waals surface area contributed by atoms with Crippen LogP contribution in [0.15, 0.2) is 48.8 Å². The van der Waals surface area contributed by atoms with Gasteiger partial charge in [-0.05, 0) is 68.2 Å². The molecule has 1 fully saturated rings. The van der Waals surface area contributed by atoms with Gasteiger partial charge in [0.05, 0.1) is 24.2 Å². The number of hydrogen-bond acceptors (Lipinski definition) is 7. The molecule has 4 heterocycles. The maximum atomic E-state index is 13.1. The van der Waals surface area contributed by atoms with Crippen molar-refractivity contribution in [1.82, 2.24) is 30.0 Å². The van der Waals surface area contributed by atoms with Crippen LogP contribution in [0.2, 0.25) is 0 Å². The third-order valence-electron chi connectivity index (χ3n) is 7.23. The second-order valence-corrected chi connectivity index (χ2v) is 9.56. The fourth-order valence-electron chi connectivity index (χ4n) is 5.16. The van der Waals surface area contributed by atoms with Crippen LogP contribution in [0.1, 0.15) is 41.9 Å². The first-order chi connectivity index (χ1) is 18.6. The number of aromatic nitrogens is 5. The van der Waals surface area contributed by atoms with Crippen LogP contribution < -0.4 is 21.1 Å². The highest BCUT2D eigenvalue weighted by Gasteiger charge is 2.24. The van der Waals surface area contributed by atoms with E-state index in [1.165, 1.54) is 11.9 Å². The number of nitrogens with zero attached hydrogens (tertiary/aromatic N) is 4. The lowest BCUT2D eigenvalue weighted by molar-refractivity contribution is 0.102. The molecule has 3 aromatic heterocycles. The first-order valence-electron chi connectivity index (χ1n) is 12.9. The Kier molecular flexibility index (Phi) is 6.16. The number of anilines is 2. The first kappa shape index (κ1) is 23.9. The Morgan fingerprint density at radius 1 is 1.16 bits per heavy atom. The molecule has 1 aliphatic heterocycles. The lowest BCUT2D eigenvalue weighted by Gasteiger charge is -2.23. The Morgan fingerprint density at radius 2 is 2.00 bits per heavy atom. The second kappa shape index (κ2) is 9.79. The van der Waals surface area contributed by atoms with Crippen LogP contribution in [0.3, 0.4) is 0 Å². The summed E-state index contributed by atoms with van der Waals surface area (Å²) in [5.74, 6) is 0.648. The van der Waals surface area contributed by atoms with Gasteiger partial charge in [0.1, 0.15) is 29.3 Å². The molecule has 1 saturated heterocycles. The second-order valence-electron chi connectivity index (χ2n) is 9.56. The zero-order valence-corrected chi connectivity index (χ0v) is 21.4. The number of benzene rings is 2. The average molecular weight is 511 g/mol. The number of fused-ring (bicyclic) bond motifs is 2. The molecule has 1 aliphatic rings. The molecule has 0 bridgehead atoms. The molecule has 0 saturated carbocycles. The highest BCUT2D eigenvalue weighted by Crippen LogP contribution is 2.37. The van der Waals surface area contributed by atoms with Crippen molar-refractivity contribution in [3.63, 3.8) is 0 Å². The number of rotatable bonds is 6. The van der Waals surface area contributed by atoms with Crippen LogP contribution in [-0.4, -0.2) is 50.8 Å². The first-order valence-corrected chi connectivity index (χ1v) is 12.9. The molecule has 0 aliphatic carbocycles. The number of H-pyrrole nitrogens is 1. The van der Waals surface area contributed by atoms with Gasteiger partial charge in [-0.3, -0.25) is 4.79 Å². The van der Waals surface area contributed by atoms with Crippen LogP contribution >= 0.6 is 0 Å². The Balaban J connectivity index is 1.34. The van der Waals surface area contributed by atoms with Crippen molar-refractivity contribution < 1.29 is 9.53 Å². The molecule has 6 rings (SSSR count). The molecule has 2 aromatic carbocycles. The monoisotopic (exact) mass is 510 g/mol. The standard InChI is InChI=1S/C28H30N8O2/c1-3-16-4-6-20-18(12-16)13-22(33-20)28(37)34-21-7-5-17(14-23(21)38-2)25-24-26(29)31-15-32-27(24)36(35-25)19-8-10-30-11-9-19/h4-7,12-15,19,30,33H,3,8-11H2,1-2H3,(H,34,37)(H2,29,31,32). The Morgan fingerprint density at radius 3 is 2.79 bits per heavy atom. The summed E-state index contributed by atoms with van der Waals surface area (Å²) in [6, 6.07) is 13.8. The summed E-state index contributed by atoms with van der Waals surface area (Å²) in [4.78, 5) is 25.1. The Hall–Kier alpha value is -4.44. The number of nitrogens with one attached hydrogen (secondary N) is 3. The van der Waals surface area contributed by atoms with Crippen molar-refractivity contribution in [2.45, 2.75) is 32.2 Å². The van der Waals surface area contributed by atoms with E-state index in [2.05, 4.69) is 44.6 Å². The highest BCUT2D eigenvalue weighted by atomic mass is 16.5. The van der Waals surface area contributed by atoms with Gasteiger partial charge < -0.3 is 26.1 Å². The summed E-state index contributed by atoms with van der Waals surface area (Å²) in [5, 5.41) is 13.0. The number of nitrogens with two attached hydrogens (primary N) is 1. The maximum Gasteiger partial charge on any atom is 0.272 e. The van der Waals surface area contributed by atoms with E-state index in [4.69, 9.17) is 15.6 Å². The van der Waals surface area contributed by atoms with Crippen LogP contribution in [0, 0.1) is 0 Å². The molecule has 5 N–H and O–H groups in total. The topological polar surface area (TPSA) is 136 Å². The van der Waals surface area contributed by atoms with E-state index in [0.29, 0.717) is 28.6 Å². The maximum absolute atomic E-state index is 13.1. The molecule has 0 atom stereocenters. The number of aromatic amines is 1. The molecule has 1 amide bonds. The van der Waals surface area contributed by atoms with Crippen LogP contribution in [0.5, 0.6) is 5.75 Å². The third-order valence-corrected chi connectivity index (χ3v) is 7.23.